The molecule has 0 aliphatic carbocycles. The number of rotatable bonds is 1. The van der Waals surface area contributed by atoms with Crippen LogP contribution in [0.1, 0.15) is 0 Å². The Morgan fingerprint density at radius 2 is 1.32 bits per heavy atom. The van der Waals surface area contributed by atoms with Crippen LogP contribution in [0.3, 0.4) is 0 Å². The van der Waals surface area contributed by atoms with Crippen molar-refractivity contribution in [3.8, 4) is 11.1 Å². The number of hydrogen-bond acceptors (Lipinski definition) is 3. The van der Waals surface area contributed by atoms with Crippen molar-refractivity contribution < 1.29 is 0 Å². The lowest BCUT2D eigenvalue weighted by molar-refractivity contribution is 1.29. The van der Waals surface area contributed by atoms with Gasteiger partial charge in [-0.1, -0.05) is 72.8 Å². The fraction of sp³-hybridized carbons (Fsp3) is 0. The summed E-state index contributed by atoms with van der Waals surface area (Å²) in [6, 6.07) is 42.2. The van der Waals surface area contributed by atoms with Crippen LogP contribution in [0.4, 0.5) is 17.1 Å². The van der Waals surface area contributed by atoms with Gasteiger partial charge in [-0.2, -0.15) is 0 Å². The van der Waals surface area contributed by atoms with Crippen molar-refractivity contribution in [2.24, 2.45) is 0 Å². The van der Waals surface area contributed by atoms with Crippen LogP contribution in [-0.4, -0.2) is 4.98 Å². The molecule has 0 unspecified atom stereocenters. The zero-order valence-corrected chi connectivity index (χ0v) is 21.2. The Kier molecular flexibility index (Phi) is 3.96. The number of thiophene rings is 1. The molecule has 38 heavy (non-hydrogen) atoms. The molecule has 176 valence electrons. The highest BCUT2D eigenvalue weighted by Gasteiger charge is 2.27. The fourth-order valence-electron chi connectivity index (χ4n) is 6.37. The number of para-hydroxylation sites is 1. The van der Waals surface area contributed by atoms with Gasteiger partial charge in [-0.25, -0.2) is 4.98 Å². The molecule has 0 bridgehead atoms. The summed E-state index contributed by atoms with van der Waals surface area (Å²) in [5.74, 6) is 0. The smallest absolute Gasteiger partial charge is 0.124 e. The summed E-state index contributed by atoms with van der Waals surface area (Å²) in [5, 5.41) is 10.2. The lowest BCUT2D eigenvalue weighted by Crippen LogP contribution is -2.14. The lowest BCUT2D eigenvalue weighted by Gasteiger charge is -2.33. The van der Waals surface area contributed by atoms with E-state index >= 15 is 0 Å². The summed E-state index contributed by atoms with van der Waals surface area (Å²) in [5.41, 5.74) is 6.18. The molecule has 0 N–H and O–H groups in total. The molecule has 0 radical (unpaired) electrons. The van der Waals surface area contributed by atoms with Crippen LogP contribution >= 0.6 is 11.3 Å². The molecule has 3 heteroatoms. The minimum Gasteiger partial charge on any atom is -0.309 e. The van der Waals surface area contributed by atoms with Crippen molar-refractivity contribution in [3.05, 3.63) is 121 Å². The van der Waals surface area contributed by atoms with Crippen molar-refractivity contribution in [3.63, 3.8) is 0 Å². The third-order valence-electron chi connectivity index (χ3n) is 8.01. The Bertz CT molecular complexity index is 2260. The highest BCUT2D eigenvalue weighted by Crippen LogP contribution is 2.54. The van der Waals surface area contributed by atoms with Crippen LogP contribution in [0.15, 0.2) is 121 Å². The van der Waals surface area contributed by atoms with Crippen molar-refractivity contribution in [1.29, 1.82) is 0 Å². The average Bonchev–Trinajstić information content (AvgIpc) is 3.36. The lowest BCUT2D eigenvalue weighted by atomic mass is 9.89. The highest BCUT2D eigenvalue weighted by molar-refractivity contribution is 7.26. The van der Waals surface area contributed by atoms with Crippen LogP contribution < -0.4 is 4.90 Å². The second kappa shape index (κ2) is 7.41. The van der Waals surface area contributed by atoms with Gasteiger partial charge in [-0.3, -0.25) is 0 Å². The van der Waals surface area contributed by atoms with Crippen molar-refractivity contribution in [1.82, 2.24) is 4.98 Å². The number of anilines is 3. The van der Waals surface area contributed by atoms with E-state index in [9.17, 15) is 0 Å². The molecule has 3 heterocycles. The van der Waals surface area contributed by atoms with Crippen LogP contribution in [0.25, 0.3) is 63.7 Å². The van der Waals surface area contributed by atoms with Crippen LogP contribution in [0.2, 0.25) is 0 Å². The van der Waals surface area contributed by atoms with Gasteiger partial charge >= 0.3 is 0 Å². The zero-order chi connectivity index (χ0) is 24.8. The predicted molar refractivity (Wildman–Crippen MR) is 163 cm³/mol. The van der Waals surface area contributed by atoms with E-state index in [-0.39, 0.29) is 0 Å². The topological polar surface area (TPSA) is 16.1 Å². The van der Waals surface area contributed by atoms with Gasteiger partial charge in [0, 0.05) is 43.7 Å². The fourth-order valence-corrected chi connectivity index (χ4v) is 7.52. The minimum absolute atomic E-state index is 1.09. The molecule has 0 saturated carbocycles. The quantitative estimate of drug-likeness (QED) is 0.208. The largest absolute Gasteiger partial charge is 0.309 e. The average molecular weight is 501 g/mol. The first-order valence-electron chi connectivity index (χ1n) is 12.9. The Morgan fingerprint density at radius 3 is 2.32 bits per heavy atom. The third kappa shape index (κ3) is 2.64. The number of pyridine rings is 1. The zero-order valence-electron chi connectivity index (χ0n) is 20.3. The molecule has 0 saturated heterocycles. The van der Waals surface area contributed by atoms with Crippen LogP contribution in [0, 0.1) is 0 Å². The number of nitrogens with zero attached hydrogens (tertiary/aromatic N) is 2. The maximum absolute atomic E-state index is 4.68. The van der Waals surface area contributed by atoms with Gasteiger partial charge in [0.25, 0.3) is 0 Å². The van der Waals surface area contributed by atoms with Crippen molar-refractivity contribution in [2.45, 2.75) is 0 Å². The van der Waals surface area contributed by atoms with Gasteiger partial charge in [-0.05, 0) is 69.6 Å². The minimum atomic E-state index is 1.09. The van der Waals surface area contributed by atoms with E-state index in [1.165, 1.54) is 76.0 Å². The summed E-state index contributed by atoms with van der Waals surface area (Å²) in [6.45, 7) is 0. The van der Waals surface area contributed by atoms with Gasteiger partial charge in [0.15, 0.2) is 0 Å². The number of fused-ring (bicyclic) bond motifs is 9. The molecule has 0 atom stereocenters. The van der Waals surface area contributed by atoms with E-state index in [4.69, 9.17) is 0 Å². The summed E-state index contributed by atoms with van der Waals surface area (Å²) >= 11 is 1.79. The van der Waals surface area contributed by atoms with Gasteiger partial charge in [0.1, 0.15) is 4.83 Å². The molecule has 0 fully saturated rings. The Hall–Kier alpha value is -4.73. The van der Waals surface area contributed by atoms with E-state index < -0.39 is 0 Å². The SMILES string of the molecule is c1ccc2c(c1)-c1cc3c4cccnc4sc3c3cccc(c13)N2c1ccc2c(ccc3ccccc32)c1. The first kappa shape index (κ1) is 20.3. The number of benzene rings is 6. The van der Waals surface area contributed by atoms with E-state index in [0.717, 1.165) is 4.83 Å². The molecular weight excluding hydrogens is 480 g/mol. The normalized spacial score (nSPS) is 12.7. The molecule has 1 aliphatic rings. The van der Waals surface area contributed by atoms with E-state index in [0.29, 0.717) is 0 Å². The Labute approximate surface area is 223 Å². The standard InChI is InChI=1S/C35H20N2S/c1-2-8-24-21(7-1)14-15-22-19-23(16-17-25(22)24)37-31-12-4-3-9-26(31)29-20-30-27-11-6-18-36-35(27)38-34(30)28-10-5-13-32(37)33(28)29/h1-20H. The second-order valence-electron chi connectivity index (χ2n) is 10.0. The summed E-state index contributed by atoms with van der Waals surface area (Å²) in [6.07, 6.45) is 1.89. The predicted octanol–water partition coefficient (Wildman–Crippen LogP) is 10.4. The molecule has 2 aromatic heterocycles. The maximum Gasteiger partial charge on any atom is 0.124 e. The summed E-state index contributed by atoms with van der Waals surface area (Å²) in [4.78, 5) is 8.22. The summed E-state index contributed by atoms with van der Waals surface area (Å²) in [7, 11) is 0. The molecular formula is C35H20N2S. The number of aromatic nitrogens is 1. The molecule has 0 amide bonds. The Morgan fingerprint density at radius 1 is 0.526 bits per heavy atom. The molecule has 6 aromatic carbocycles. The molecule has 9 rings (SSSR count). The molecule has 8 aromatic rings. The third-order valence-corrected chi connectivity index (χ3v) is 9.18. The van der Waals surface area contributed by atoms with E-state index in [1.54, 1.807) is 11.3 Å². The number of hydrogen-bond donors (Lipinski definition) is 0. The first-order chi connectivity index (χ1) is 18.8. The second-order valence-corrected chi connectivity index (χ2v) is 11.0. The van der Waals surface area contributed by atoms with E-state index in [1.807, 2.05) is 12.3 Å². The highest BCUT2D eigenvalue weighted by atomic mass is 32.1. The van der Waals surface area contributed by atoms with Gasteiger partial charge < -0.3 is 4.90 Å². The Balaban J connectivity index is 1.38. The van der Waals surface area contributed by atoms with Gasteiger partial charge in [0.05, 0.1) is 11.4 Å². The first-order valence-corrected chi connectivity index (χ1v) is 13.7. The molecule has 2 nitrogen and oxygen atoms in total. The van der Waals surface area contributed by atoms with E-state index in [2.05, 4.69) is 119 Å². The van der Waals surface area contributed by atoms with Gasteiger partial charge in [0.2, 0.25) is 0 Å². The maximum atomic E-state index is 4.68. The van der Waals surface area contributed by atoms with Crippen LogP contribution in [0.5, 0.6) is 0 Å². The van der Waals surface area contributed by atoms with Crippen LogP contribution in [-0.2, 0) is 0 Å². The van der Waals surface area contributed by atoms with Crippen molar-refractivity contribution >= 4 is 81.0 Å². The van der Waals surface area contributed by atoms with Crippen molar-refractivity contribution in [2.75, 3.05) is 4.90 Å². The summed E-state index contributed by atoms with van der Waals surface area (Å²) < 4.78 is 1.31. The monoisotopic (exact) mass is 500 g/mol. The molecule has 1 aliphatic heterocycles. The van der Waals surface area contributed by atoms with Gasteiger partial charge in [-0.15, -0.1) is 11.3 Å². The molecule has 0 spiro atoms.